The zero-order chi connectivity index (χ0) is 11.1. The van der Waals surface area contributed by atoms with Gasteiger partial charge in [0.2, 0.25) is 5.91 Å². The van der Waals surface area contributed by atoms with Crippen LogP contribution in [0.15, 0.2) is 0 Å². The average molecular weight is 212 g/mol. The minimum absolute atomic E-state index is 0.358. The van der Waals surface area contributed by atoms with E-state index in [2.05, 4.69) is 11.8 Å². The number of carbonyl (C=O) groups is 1. The molecule has 0 spiro atoms. The van der Waals surface area contributed by atoms with Gasteiger partial charge in [0.25, 0.3) is 0 Å². The van der Waals surface area contributed by atoms with Gasteiger partial charge in [0.05, 0.1) is 0 Å². The predicted molar refractivity (Wildman–Crippen MR) is 62.5 cm³/mol. The van der Waals surface area contributed by atoms with Crippen LogP contribution in [0.2, 0.25) is 0 Å². The van der Waals surface area contributed by atoms with E-state index in [4.69, 9.17) is 5.73 Å². The smallest absolute Gasteiger partial charge is 0.222 e. The van der Waals surface area contributed by atoms with Crippen molar-refractivity contribution >= 4 is 5.91 Å². The van der Waals surface area contributed by atoms with Gasteiger partial charge in [-0.1, -0.05) is 13.3 Å². The first-order chi connectivity index (χ1) is 7.29. The molecule has 0 bridgehead atoms. The lowest BCUT2D eigenvalue weighted by molar-refractivity contribution is -0.132. The van der Waals surface area contributed by atoms with Crippen LogP contribution in [0.4, 0.5) is 0 Å². The van der Waals surface area contributed by atoms with Crippen LogP contribution >= 0.6 is 0 Å². The molecular weight excluding hydrogens is 188 g/mol. The molecule has 1 atom stereocenters. The molecule has 1 aliphatic rings. The first kappa shape index (κ1) is 12.5. The third kappa shape index (κ3) is 3.82. The van der Waals surface area contributed by atoms with Crippen molar-refractivity contribution in [3.05, 3.63) is 0 Å². The Morgan fingerprint density at radius 1 is 1.47 bits per heavy atom. The van der Waals surface area contributed by atoms with Gasteiger partial charge in [0.15, 0.2) is 0 Å². The maximum absolute atomic E-state index is 11.9. The number of rotatable bonds is 6. The molecule has 15 heavy (non-hydrogen) atoms. The Morgan fingerprint density at radius 3 is 2.93 bits per heavy atom. The third-order valence-corrected chi connectivity index (χ3v) is 3.18. The molecule has 0 aliphatic carbocycles. The molecular formula is C12H24N2O. The van der Waals surface area contributed by atoms with Gasteiger partial charge in [-0.3, -0.25) is 4.79 Å². The summed E-state index contributed by atoms with van der Waals surface area (Å²) in [5, 5.41) is 0. The lowest BCUT2D eigenvalue weighted by atomic mass is 10.1. The van der Waals surface area contributed by atoms with Crippen molar-refractivity contribution in [1.82, 2.24) is 4.90 Å². The van der Waals surface area contributed by atoms with Crippen LogP contribution in [0.3, 0.4) is 0 Å². The van der Waals surface area contributed by atoms with Gasteiger partial charge < -0.3 is 10.6 Å². The molecule has 3 nitrogen and oxygen atoms in total. The van der Waals surface area contributed by atoms with E-state index in [9.17, 15) is 4.79 Å². The number of hydrogen-bond donors (Lipinski definition) is 1. The van der Waals surface area contributed by atoms with Crippen LogP contribution in [-0.4, -0.2) is 29.9 Å². The Bertz CT molecular complexity index is 194. The summed E-state index contributed by atoms with van der Waals surface area (Å²) in [6.07, 6.45) is 7.35. The largest absolute Gasteiger partial charge is 0.340 e. The van der Waals surface area contributed by atoms with Crippen LogP contribution in [0, 0.1) is 0 Å². The molecule has 2 N–H and O–H groups in total. The number of amides is 1. The van der Waals surface area contributed by atoms with Crippen LogP contribution in [0.5, 0.6) is 0 Å². The van der Waals surface area contributed by atoms with Crippen LogP contribution in [0.25, 0.3) is 0 Å². The molecule has 0 aromatic carbocycles. The summed E-state index contributed by atoms with van der Waals surface area (Å²) >= 11 is 0. The van der Waals surface area contributed by atoms with Gasteiger partial charge in [0.1, 0.15) is 0 Å². The maximum atomic E-state index is 11.9. The van der Waals surface area contributed by atoms with E-state index in [0.29, 0.717) is 11.9 Å². The Kier molecular flexibility index (Phi) is 5.69. The molecule has 1 rings (SSSR count). The van der Waals surface area contributed by atoms with Gasteiger partial charge in [-0.15, -0.1) is 0 Å². The van der Waals surface area contributed by atoms with Crippen molar-refractivity contribution in [2.45, 2.75) is 57.9 Å². The summed E-state index contributed by atoms with van der Waals surface area (Å²) in [7, 11) is 0. The molecule has 0 saturated carbocycles. The monoisotopic (exact) mass is 212 g/mol. The summed E-state index contributed by atoms with van der Waals surface area (Å²) in [5.41, 5.74) is 5.50. The third-order valence-electron chi connectivity index (χ3n) is 3.18. The molecule has 0 aromatic rings. The molecule has 1 aliphatic heterocycles. The normalized spacial score (nSPS) is 20.9. The van der Waals surface area contributed by atoms with Crippen molar-refractivity contribution in [3.63, 3.8) is 0 Å². The number of carbonyl (C=O) groups excluding carboxylic acids is 1. The first-order valence-electron chi connectivity index (χ1n) is 6.29. The van der Waals surface area contributed by atoms with E-state index in [1.165, 1.54) is 12.8 Å². The molecule has 0 aromatic heterocycles. The summed E-state index contributed by atoms with van der Waals surface area (Å²) in [5.74, 6) is 0.358. The van der Waals surface area contributed by atoms with Gasteiger partial charge in [0, 0.05) is 19.0 Å². The van der Waals surface area contributed by atoms with Crippen molar-refractivity contribution in [2.75, 3.05) is 13.1 Å². The summed E-state index contributed by atoms with van der Waals surface area (Å²) in [6, 6.07) is 0.484. The fraction of sp³-hybridized carbons (Fsp3) is 0.917. The molecule has 88 valence electrons. The Labute approximate surface area is 93.0 Å². The number of unbranched alkanes of at least 4 members (excludes halogenated alkanes) is 1. The standard InChI is InChI=1S/C12H24N2O/c1-2-3-8-12(15)14-10-5-7-11(14)6-4-9-13/h11H,2-10,13H2,1H3. The van der Waals surface area contributed by atoms with Gasteiger partial charge in [-0.25, -0.2) is 0 Å². The van der Waals surface area contributed by atoms with Crippen LogP contribution in [-0.2, 0) is 4.79 Å². The lowest BCUT2D eigenvalue weighted by Crippen LogP contribution is -2.35. The number of likely N-dealkylation sites (tertiary alicyclic amines) is 1. The summed E-state index contributed by atoms with van der Waals surface area (Å²) < 4.78 is 0. The molecule has 1 unspecified atom stereocenters. The molecule has 1 saturated heterocycles. The van der Waals surface area contributed by atoms with Crippen molar-refractivity contribution < 1.29 is 4.79 Å². The fourth-order valence-corrected chi connectivity index (χ4v) is 2.29. The quantitative estimate of drug-likeness (QED) is 0.731. The average Bonchev–Trinajstić information content (AvgIpc) is 2.71. The van der Waals surface area contributed by atoms with E-state index in [0.717, 1.165) is 45.2 Å². The first-order valence-corrected chi connectivity index (χ1v) is 6.29. The Hall–Kier alpha value is -0.570. The zero-order valence-electron chi connectivity index (χ0n) is 9.87. The minimum atomic E-state index is 0.358. The Balaban J connectivity index is 2.34. The van der Waals surface area contributed by atoms with E-state index >= 15 is 0 Å². The highest BCUT2D eigenvalue weighted by Gasteiger charge is 2.27. The van der Waals surface area contributed by atoms with Crippen molar-refractivity contribution in [2.24, 2.45) is 5.73 Å². The highest BCUT2D eigenvalue weighted by atomic mass is 16.2. The van der Waals surface area contributed by atoms with E-state index in [1.54, 1.807) is 0 Å². The minimum Gasteiger partial charge on any atom is -0.340 e. The molecule has 1 heterocycles. The summed E-state index contributed by atoms with van der Waals surface area (Å²) in [6.45, 7) is 3.84. The molecule has 3 heteroatoms. The number of nitrogens with two attached hydrogens (primary N) is 1. The number of hydrogen-bond acceptors (Lipinski definition) is 2. The topological polar surface area (TPSA) is 46.3 Å². The second kappa shape index (κ2) is 6.83. The van der Waals surface area contributed by atoms with Gasteiger partial charge in [-0.2, -0.15) is 0 Å². The maximum Gasteiger partial charge on any atom is 0.222 e. The SMILES string of the molecule is CCCCC(=O)N1CCCC1CCCN. The lowest BCUT2D eigenvalue weighted by Gasteiger charge is -2.24. The second-order valence-electron chi connectivity index (χ2n) is 4.42. The van der Waals surface area contributed by atoms with Gasteiger partial charge in [-0.05, 0) is 38.6 Å². The zero-order valence-corrected chi connectivity index (χ0v) is 9.87. The van der Waals surface area contributed by atoms with Crippen molar-refractivity contribution in [3.8, 4) is 0 Å². The summed E-state index contributed by atoms with van der Waals surface area (Å²) in [4.78, 5) is 14.0. The van der Waals surface area contributed by atoms with Crippen LogP contribution in [0.1, 0.15) is 51.9 Å². The van der Waals surface area contributed by atoms with E-state index in [-0.39, 0.29) is 0 Å². The van der Waals surface area contributed by atoms with Gasteiger partial charge >= 0.3 is 0 Å². The molecule has 1 amide bonds. The van der Waals surface area contributed by atoms with E-state index < -0.39 is 0 Å². The highest BCUT2D eigenvalue weighted by Crippen LogP contribution is 2.22. The van der Waals surface area contributed by atoms with Crippen molar-refractivity contribution in [1.29, 1.82) is 0 Å². The van der Waals surface area contributed by atoms with Crippen LogP contribution < -0.4 is 5.73 Å². The second-order valence-corrected chi connectivity index (χ2v) is 4.42. The fourth-order valence-electron chi connectivity index (χ4n) is 2.29. The number of nitrogens with zero attached hydrogens (tertiary/aromatic N) is 1. The molecule has 0 radical (unpaired) electrons. The van der Waals surface area contributed by atoms with E-state index in [1.807, 2.05) is 0 Å². The highest BCUT2D eigenvalue weighted by molar-refractivity contribution is 5.76. The predicted octanol–water partition coefficient (Wildman–Crippen LogP) is 1.91. The molecule has 1 fully saturated rings. The Morgan fingerprint density at radius 2 is 2.27 bits per heavy atom.